The number of hydrogen-bond donors (Lipinski definition) is 0. The van der Waals surface area contributed by atoms with Gasteiger partial charge in [0.2, 0.25) is 0 Å². The van der Waals surface area contributed by atoms with Crippen molar-refractivity contribution in [2.75, 3.05) is 0 Å². The summed E-state index contributed by atoms with van der Waals surface area (Å²) < 4.78 is 5.56. The van der Waals surface area contributed by atoms with Gasteiger partial charge in [-0.3, -0.25) is 4.79 Å². The van der Waals surface area contributed by atoms with E-state index in [-0.39, 0.29) is 18.0 Å². The quantitative estimate of drug-likeness (QED) is 0.692. The van der Waals surface area contributed by atoms with Gasteiger partial charge >= 0.3 is 5.97 Å². The van der Waals surface area contributed by atoms with E-state index in [2.05, 4.69) is 6.92 Å². The minimum absolute atomic E-state index is 0.0668. The second-order valence-corrected chi connectivity index (χ2v) is 4.63. The van der Waals surface area contributed by atoms with Crippen molar-refractivity contribution in [3.63, 3.8) is 0 Å². The van der Waals surface area contributed by atoms with Crippen LogP contribution in [0.15, 0.2) is 30.3 Å². The van der Waals surface area contributed by atoms with Gasteiger partial charge in [0.05, 0.1) is 5.92 Å². The number of esters is 1. The predicted octanol–water partition coefficient (Wildman–Crippen LogP) is 4.12. The minimum atomic E-state index is -0.116. The van der Waals surface area contributed by atoms with E-state index < -0.39 is 0 Å². The molecule has 0 spiro atoms. The summed E-state index contributed by atoms with van der Waals surface area (Å²) in [4.78, 5) is 11.7. The van der Waals surface area contributed by atoms with E-state index in [1.54, 1.807) is 0 Å². The first-order chi connectivity index (χ1) is 8.15. The summed E-state index contributed by atoms with van der Waals surface area (Å²) in [6, 6.07) is 9.99. The zero-order valence-corrected chi connectivity index (χ0v) is 11.0. The topological polar surface area (TPSA) is 26.3 Å². The highest BCUT2D eigenvalue weighted by atomic mass is 16.5. The minimum Gasteiger partial charge on any atom is -0.457 e. The third-order valence-electron chi connectivity index (χ3n) is 2.72. The number of ether oxygens (including phenoxy) is 1. The van der Waals surface area contributed by atoms with Crippen LogP contribution in [0.2, 0.25) is 0 Å². The van der Waals surface area contributed by atoms with Gasteiger partial charge in [-0.05, 0) is 18.4 Å². The zero-order chi connectivity index (χ0) is 12.7. The molecular formula is C15H22O2. The lowest BCUT2D eigenvalue weighted by atomic mass is 10.0. The Kier molecular flexibility index (Phi) is 5.75. The van der Waals surface area contributed by atoms with Gasteiger partial charge in [-0.25, -0.2) is 0 Å². The Morgan fingerprint density at radius 3 is 2.41 bits per heavy atom. The van der Waals surface area contributed by atoms with E-state index in [0.717, 1.165) is 24.8 Å². The van der Waals surface area contributed by atoms with Gasteiger partial charge in [0.25, 0.3) is 0 Å². The van der Waals surface area contributed by atoms with Gasteiger partial charge in [-0.1, -0.05) is 57.5 Å². The summed E-state index contributed by atoms with van der Waals surface area (Å²) in [6.07, 6.45) is 3.00. The molecule has 0 aromatic heterocycles. The summed E-state index contributed by atoms with van der Waals surface area (Å²) >= 11 is 0. The van der Waals surface area contributed by atoms with Crippen molar-refractivity contribution in [2.24, 2.45) is 5.92 Å². The maximum atomic E-state index is 11.7. The van der Waals surface area contributed by atoms with Crippen LogP contribution in [-0.2, 0) is 9.53 Å². The van der Waals surface area contributed by atoms with E-state index in [0.29, 0.717) is 0 Å². The lowest BCUT2D eigenvalue weighted by Gasteiger charge is -2.19. The monoisotopic (exact) mass is 234 g/mol. The molecule has 17 heavy (non-hydrogen) atoms. The second kappa shape index (κ2) is 7.10. The molecule has 0 N–H and O–H groups in total. The molecular weight excluding hydrogens is 212 g/mol. The predicted molar refractivity (Wildman–Crippen MR) is 69.6 cm³/mol. The van der Waals surface area contributed by atoms with Gasteiger partial charge in [-0.15, -0.1) is 0 Å². The number of hydrogen-bond acceptors (Lipinski definition) is 2. The smallest absolute Gasteiger partial charge is 0.308 e. The lowest BCUT2D eigenvalue weighted by molar-refractivity contribution is -0.153. The van der Waals surface area contributed by atoms with Crippen molar-refractivity contribution < 1.29 is 9.53 Å². The molecule has 0 heterocycles. The second-order valence-electron chi connectivity index (χ2n) is 4.63. The molecule has 0 fully saturated rings. The number of rotatable bonds is 6. The summed E-state index contributed by atoms with van der Waals surface area (Å²) in [6.45, 7) is 5.88. The van der Waals surface area contributed by atoms with Gasteiger partial charge in [-0.2, -0.15) is 0 Å². The fourth-order valence-electron chi connectivity index (χ4n) is 1.63. The van der Waals surface area contributed by atoms with E-state index >= 15 is 0 Å². The molecule has 0 amide bonds. The Morgan fingerprint density at radius 1 is 1.24 bits per heavy atom. The Morgan fingerprint density at radius 2 is 1.88 bits per heavy atom. The third kappa shape index (κ3) is 4.59. The molecule has 2 nitrogen and oxygen atoms in total. The Balaban J connectivity index is 2.70. The third-order valence-corrected chi connectivity index (χ3v) is 2.72. The molecule has 0 aliphatic heterocycles. The van der Waals surface area contributed by atoms with Crippen LogP contribution < -0.4 is 0 Å². The van der Waals surface area contributed by atoms with E-state index in [4.69, 9.17) is 4.74 Å². The molecule has 2 heteroatoms. The van der Waals surface area contributed by atoms with E-state index in [9.17, 15) is 4.79 Å². The summed E-state index contributed by atoms with van der Waals surface area (Å²) in [7, 11) is 0. The highest BCUT2D eigenvalue weighted by molar-refractivity contribution is 5.71. The highest BCUT2D eigenvalue weighted by Crippen LogP contribution is 2.24. The molecule has 0 aliphatic rings. The van der Waals surface area contributed by atoms with Gasteiger partial charge in [0, 0.05) is 0 Å². The van der Waals surface area contributed by atoms with Crippen molar-refractivity contribution in [3.8, 4) is 0 Å². The summed E-state index contributed by atoms with van der Waals surface area (Å²) in [5, 5.41) is 0. The molecule has 94 valence electrons. The Bertz CT molecular complexity index is 330. The molecule has 0 aliphatic carbocycles. The molecule has 1 aromatic rings. The fourth-order valence-corrected chi connectivity index (χ4v) is 1.63. The highest BCUT2D eigenvalue weighted by Gasteiger charge is 2.17. The van der Waals surface area contributed by atoms with Crippen LogP contribution in [0.3, 0.4) is 0 Å². The molecule has 1 aromatic carbocycles. The van der Waals surface area contributed by atoms with Gasteiger partial charge in [0.1, 0.15) is 6.10 Å². The zero-order valence-electron chi connectivity index (χ0n) is 11.0. The molecule has 0 radical (unpaired) electrons. The molecule has 0 saturated carbocycles. The van der Waals surface area contributed by atoms with Crippen molar-refractivity contribution in [1.29, 1.82) is 0 Å². The SMILES string of the molecule is CCCCC(OC(=O)C(C)C)c1ccccc1. The molecule has 1 rings (SSSR count). The average molecular weight is 234 g/mol. The first kappa shape index (κ1) is 13.8. The molecule has 0 saturated heterocycles. The van der Waals surface area contributed by atoms with Crippen LogP contribution in [0.1, 0.15) is 51.7 Å². The van der Waals surface area contributed by atoms with Crippen molar-refractivity contribution in [1.82, 2.24) is 0 Å². The van der Waals surface area contributed by atoms with Crippen LogP contribution in [0, 0.1) is 5.92 Å². The average Bonchev–Trinajstić information content (AvgIpc) is 2.35. The van der Waals surface area contributed by atoms with Crippen molar-refractivity contribution in [2.45, 2.75) is 46.1 Å². The normalized spacial score (nSPS) is 12.5. The molecule has 1 atom stereocenters. The Hall–Kier alpha value is -1.31. The van der Waals surface area contributed by atoms with Crippen LogP contribution in [-0.4, -0.2) is 5.97 Å². The largest absolute Gasteiger partial charge is 0.457 e. The molecule has 1 unspecified atom stereocenters. The number of benzene rings is 1. The maximum Gasteiger partial charge on any atom is 0.308 e. The van der Waals surface area contributed by atoms with Crippen molar-refractivity contribution >= 4 is 5.97 Å². The molecule has 0 bridgehead atoms. The van der Waals surface area contributed by atoms with Crippen LogP contribution >= 0.6 is 0 Å². The summed E-state index contributed by atoms with van der Waals surface area (Å²) in [5.74, 6) is -0.183. The lowest BCUT2D eigenvalue weighted by Crippen LogP contribution is -2.16. The van der Waals surface area contributed by atoms with Gasteiger partial charge in [0.15, 0.2) is 0 Å². The van der Waals surface area contributed by atoms with Crippen LogP contribution in [0.5, 0.6) is 0 Å². The number of carbonyl (C=O) groups is 1. The van der Waals surface area contributed by atoms with E-state index in [1.165, 1.54) is 0 Å². The fraction of sp³-hybridized carbons (Fsp3) is 0.533. The van der Waals surface area contributed by atoms with Crippen LogP contribution in [0.25, 0.3) is 0 Å². The standard InChI is InChI=1S/C15H22O2/c1-4-5-11-14(17-15(16)12(2)3)13-9-7-6-8-10-13/h6-10,12,14H,4-5,11H2,1-3H3. The first-order valence-electron chi connectivity index (χ1n) is 6.40. The first-order valence-corrected chi connectivity index (χ1v) is 6.40. The number of unbranched alkanes of at least 4 members (excludes halogenated alkanes) is 1. The maximum absolute atomic E-state index is 11.7. The summed E-state index contributed by atoms with van der Waals surface area (Å²) in [5.41, 5.74) is 1.09. The van der Waals surface area contributed by atoms with Crippen LogP contribution in [0.4, 0.5) is 0 Å². The Labute approximate surface area is 104 Å². The van der Waals surface area contributed by atoms with Gasteiger partial charge < -0.3 is 4.74 Å². The van der Waals surface area contributed by atoms with Crippen molar-refractivity contribution in [3.05, 3.63) is 35.9 Å². The number of carbonyl (C=O) groups excluding carboxylic acids is 1. The van der Waals surface area contributed by atoms with E-state index in [1.807, 2.05) is 44.2 Å².